The lowest BCUT2D eigenvalue weighted by Crippen LogP contribution is -2.56. The molecular formula is C28H33FNO5P. The van der Waals surface area contributed by atoms with Crippen LogP contribution in [0.5, 0.6) is 0 Å². The van der Waals surface area contributed by atoms with Crippen molar-refractivity contribution in [1.82, 2.24) is 4.98 Å². The van der Waals surface area contributed by atoms with Gasteiger partial charge in [-0.15, -0.1) is 0 Å². The van der Waals surface area contributed by atoms with Crippen LogP contribution in [0, 0.1) is 11.7 Å². The van der Waals surface area contributed by atoms with E-state index in [-0.39, 0.29) is 24.5 Å². The van der Waals surface area contributed by atoms with Gasteiger partial charge in [0.15, 0.2) is 5.16 Å². The maximum Gasteiger partial charge on any atom is 0.322 e. The number of rotatable bonds is 11. The van der Waals surface area contributed by atoms with E-state index in [1.54, 1.807) is 6.07 Å². The number of hydrogen-bond acceptors (Lipinski definition) is 4. The van der Waals surface area contributed by atoms with Crippen LogP contribution >= 0.6 is 8.03 Å². The Hall–Kier alpha value is -2.86. The summed E-state index contributed by atoms with van der Waals surface area (Å²) in [5.74, 6) is -2.03. The third-order valence-corrected chi connectivity index (χ3v) is 8.34. The van der Waals surface area contributed by atoms with Crippen molar-refractivity contribution in [2.24, 2.45) is 5.92 Å². The molecule has 1 heterocycles. The van der Waals surface area contributed by atoms with Gasteiger partial charge in [0, 0.05) is 12.0 Å². The summed E-state index contributed by atoms with van der Waals surface area (Å²) in [6, 6.07) is 17.9. The van der Waals surface area contributed by atoms with Gasteiger partial charge in [0.25, 0.3) is 0 Å². The van der Waals surface area contributed by atoms with Crippen molar-refractivity contribution < 1.29 is 28.9 Å². The maximum atomic E-state index is 13.6. The van der Waals surface area contributed by atoms with E-state index in [1.165, 1.54) is 30.3 Å². The highest BCUT2D eigenvalue weighted by Crippen LogP contribution is 2.54. The molecule has 0 fully saturated rings. The molecule has 3 aromatic rings. The fourth-order valence-electron chi connectivity index (χ4n) is 4.58. The van der Waals surface area contributed by atoms with E-state index in [1.807, 2.05) is 51.1 Å². The molecule has 0 aliphatic rings. The molecule has 3 rings (SSSR count). The third-order valence-electron chi connectivity index (χ3n) is 6.74. The fraction of sp³-hybridized carbons (Fsp3) is 0.357. The van der Waals surface area contributed by atoms with Crippen LogP contribution in [0.15, 0.2) is 66.7 Å². The number of aliphatic hydroxyl groups is 1. The van der Waals surface area contributed by atoms with Gasteiger partial charge in [-0.3, -0.25) is 9.36 Å². The van der Waals surface area contributed by atoms with Crippen LogP contribution in [0.2, 0.25) is 0 Å². The van der Waals surface area contributed by atoms with Gasteiger partial charge in [-0.25, -0.2) is 9.37 Å². The third kappa shape index (κ3) is 5.44. The Balaban J connectivity index is 2.32. The molecule has 2 aromatic carbocycles. The van der Waals surface area contributed by atoms with Gasteiger partial charge in [0.05, 0.1) is 11.4 Å². The van der Waals surface area contributed by atoms with Gasteiger partial charge in [0.2, 0.25) is 8.03 Å². The van der Waals surface area contributed by atoms with E-state index in [4.69, 9.17) is 4.98 Å². The summed E-state index contributed by atoms with van der Waals surface area (Å²) < 4.78 is 26.6. The van der Waals surface area contributed by atoms with Crippen molar-refractivity contribution in [2.75, 3.05) is 0 Å². The smallest absolute Gasteiger partial charge is 0.322 e. The maximum absolute atomic E-state index is 13.6. The highest BCUT2D eigenvalue weighted by atomic mass is 31.1. The monoisotopic (exact) mass is 513 g/mol. The van der Waals surface area contributed by atoms with E-state index in [9.17, 15) is 28.9 Å². The number of hydrogen-bond donors (Lipinski definition) is 3. The molecule has 3 atom stereocenters. The quantitative estimate of drug-likeness (QED) is 0.288. The molecule has 0 spiro atoms. The van der Waals surface area contributed by atoms with E-state index >= 15 is 0 Å². The number of benzene rings is 2. The zero-order chi connectivity index (χ0) is 26.5. The van der Waals surface area contributed by atoms with Gasteiger partial charge in [-0.2, -0.15) is 0 Å². The molecular weight excluding hydrogens is 480 g/mol. The summed E-state index contributed by atoms with van der Waals surface area (Å²) >= 11 is 0. The second-order valence-corrected chi connectivity index (χ2v) is 11.0. The lowest BCUT2D eigenvalue weighted by atomic mass is 9.75. The summed E-state index contributed by atoms with van der Waals surface area (Å²) in [4.78, 5) is 28.1. The molecule has 1 aromatic heterocycles. The lowest BCUT2D eigenvalue weighted by molar-refractivity contribution is -0.151. The Morgan fingerprint density at radius 1 is 1.06 bits per heavy atom. The number of aromatic nitrogens is 1. The number of aryl methyl sites for hydroxylation is 1. The predicted molar refractivity (Wildman–Crippen MR) is 139 cm³/mol. The van der Waals surface area contributed by atoms with E-state index in [2.05, 4.69) is 0 Å². The van der Waals surface area contributed by atoms with Crippen molar-refractivity contribution in [3.63, 3.8) is 0 Å². The molecule has 36 heavy (non-hydrogen) atoms. The molecule has 0 aliphatic heterocycles. The van der Waals surface area contributed by atoms with Crippen LogP contribution in [0.4, 0.5) is 4.39 Å². The Kier molecular flexibility index (Phi) is 8.83. The number of aliphatic carboxylic acids is 1. The minimum absolute atomic E-state index is 0.0126. The lowest BCUT2D eigenvalue weighted by Gasteiger charge is -2.43. The molecule has 8 heteroatoms. The van der Waals surface area contributed by atoms with Crippen LogP contribution in [0.1, 0.15) is 50.4 Å². The van der Waals surface area contributed by atoms with Crippen molar-refractivity contribution in [3.05, 3.63) is 89.4 Å². The first-order valence-corrected chi connectivity index (χ1v) is 13.4. The minimum atomic E-state index is -3.86. The Labute approximate surface area is 211 Å². The van der Waals surface area contributed by atoms with Crippen molar-refractivity contribution in [3.8, 4) is 11.3 Å². The van der Waals surface area contributed by atoms with E-state index < -0.39 is 30.6 Å². The summed E-state index contributed by atoms with van der Waals surface area (Å²) in [5.41, 5.74) is 0.274. The number of carboxylic acid groups (broad SMARTS) is 1. The standard InChI is InChI=1S/C28H33FNO5P/c1-4-21-12-15-24(30-25(21)22-8-6-5-7-9-22)27(33,18-20-10-13-23(29)14-11-20)28(26(31)32,36(34)35)17-16-19(2)3/h5-15,19,33,36H,4,16-18H2,1-3H3,(H,31,32)(H,34,35). The summed E-state index contributed by atoms with van der Waals surface area (Å²) in [6.07, 6.45) is 0.376. The fourth-order valence-corrected chi connectivity index (χ4v) is 5.69. The van der Waals surface area contributed by atoms with Crippen molar-refractivity contribution in [1.29, 1.82) is 0 Å². The molecule has 0 saturated carbocycles. The molecule has 0 bridgehead atoms. The molecule has 0 saturated heterocycles. The summed E-state index contributed by atoms with van der Waals surface area (Å²) in [7, 11) is -3.86. The molecule has 3 unspecified atom stereocenters. The number of carboxylic acids is 1. The first-order valence-electron chi connectivity index (χ1n) is 12.0. The number of pyridine rings is 1. The van der Waals surface area contributed by atoms with Gasteiger partial charge in [-0.05, 0) is 54.5 Å². The molecule has 6 nitrogen and oxygen atoms in total. The average Bonchev–Trinajstić information content (AvgIpc) is 2.85. The Morgan fingerprint density at radius 3 is 2.22 bits per heavy atom. The van der Waals surface area contributed by atoms with Crippen molar-refractivity contribution >= 4 is 14.0 Å². The molecule has 0 amide bonds. The Morgan fingerprint density at radius 2 is 1.69 bits per heavy atom. The zero-order valence-corrected chi connectivity index (χ0v) is 21.7. The molecule has 192 valence electrons. The van der Waals surface area contributed by atoms with Crippen LogP contribution in [0.3, 0.4) is 0 Å². The highest BCUT2D eigenvalue weighted by molar-refractivity contribution is 7.41. The number of carbonyl (C=O) groups is 1. The largest absolute Gasteiger partial charge is 0.480 e. The number of nitrogens with zero attached hydrogens (tertiary/aromatic N) is 1. The first kappa shape index (κ1) is 27.7. The first-order chi connectivity index (χ1) is 17.0. The minimum Gasteiger partial charge on any atom is -0.480 e. The van der Waals surface area contributed by atoms with Crippen LogP contribution in [-0.2, 0) is 27.8 Å². The van der Waals surface area contributed by atoms with Crippen LogP contribution in [-0.4, -0.2) is 31.2 Å². The van der Waals surface area contributed by atoms with Crippen LogP contribution in [0.25, 0.3) is 11.3 Å². The van der Waals surface area contributed by atoms with Crippen LogP contribution < -0.4 is 0 Å². The van der Waals surface area contributed by atoms with E-state index in [0.29, 0.717) is 24.1 Å². The summed E-state index contributed by atoms with van der Waals surface area (Å²) in [5, 5.41) is 20.4. The normalized spacial score (nSPS) is 15.8. The van der Waals surface area contributed by atoms with E-state index in [0.717, 1.165) is 11.1 Å². The average molecular weight is 514 g/mol. The zero-order valence-electron chi connectivity index (χ0n) is 20.7. The SMILES string of the molecule is CCc1ccc(C(O)(Cc2ccc(F)cc2)C(CCC(C)C)(C(=O)O)[PH](=O)O)nc1-c1ccccc1. The van der Waals surface area contributed by atoms with Gasteiger partial charge in [-0.1, -0.05) is 69.3 Å². The van der Waals surface area contributed by atoms with Gasteiger partial charge < -0.3 is 15.1 Å². The highest BCUT2D eigenvalue weighted by Gasteiger charge is 2.61. The molecule has 0 radical (unpaired) electrons. The summed E-state index contributed by atoms with van der Waals surface area (Å²) in [6.45, 7) is 5.72. The molecule has 0 aliphatic carbocycles. The molecule has 3 N–H and O–H groups in total. The number of halogens is 1. The van der Waals surface area contributed by atoms with Gasteiger partial charge in [0.1, 0.15) is 11.4 Å². The topological polar surface area (TPSA) is 108 Å². The van der Waals surface area contributed by atoms with Crippen molar-refractivity contribution in [2.45, 2.75) is 57.2 Å². The Bertz CT molecular complexity index is 1200. The van der Waals surface area contributed by atoms with Gasteiger partial charge >= 0.3 is 5.97 Å². The second kappa shape index (κ2) is 11.5. The second-order valence-electron chi connectivity index (χ2n) is 9.54. The predicted octanol–water partition coefficient (Wildman–Crippen LogP) is 5.61.